The van der Waals surface area contributed by atoms with Gasteiger partial charge in [0.15, 0.2) is 0 Å². The molecule has 0 N–H and O–H groups in total. The highest BCUT2D eigenvalue weighted by molar-refractivity contribution is 6.18. The van der Waals surface area contributed by atoms with Gasteiger partial charge >= 0.3 is 0 Å². The molecule has 0 aromatic rings. The molecular formula is C6H11Cl. The van der Waals surface area contributed by atoms with E-state index in [0.717, 1.165) is 0 Å². The summed E-state index contributed by atoms with van der Waals surface area (Å²) < 4.78 is 0. The minimum absolute atomic E-state index is 0.637. The monoisotopic (exact) mass is 118 g/mol. The van der Waals surface area contributed by atoms with Crippen molar-refractivity contribution < 1.29 is 0 Å². The highest BCUT2D eigenvalue weighted by atomic mass is 35.5. The highest BCUT2D eigenvalue weighted by Crippen LogP contribution is 1.92. The van der Waals surface area contributed by atoms with Crippen molar-refractivity contribution in [3.8, 4) is 0 Å². The Morgan fingerprint density at radius 3 is 2.29 bits per heavy atom. The molecule has 0 bridgehead atoms. The normalized spacial score (nSPS) is 11.4. The predicted octanol–water partition coefficient (Wildman–Crippen LogP) is 2.44. The van der Waals surface area contributed by atoms with Gasteiger partial charge in [0.2, 0.25) is 0 Å². The molecule has 0 saturated carbocycles. The van der Waals surface area contributed by atoms with Crippen LogP contribution in [-0.2, 0) is 0 Å². The number of allylic oxidation sites excluding steroid dienone is 2. The van der Waals surface area contributed by atoms with E-state index >= 15 is 0 Å². The molecule has 0 nitrogen and oxygen atoms in total. The standard InChI is InChI=1S/C6H11Cl/c1-6(2)4-3-5-7/h3-4,6H,5H2,1-2H3/b4-3+. The highest BCUT2D eigenvalue weighted by Gasteiger charge is 1.78. The topological polar surface area (TPSA) is 0 Å². The van der Waals surface area contributed by atoms with E-state index in [2.05, 4.69) is 19.9 Å². The SMILES string of the molecule is CC(C)/C=C/CCl. The van der Waals surface area contributed by atoms with E-state index in [1.54, 1.807) is 0 Å². The Bertz CT molecular complexity index is 55.2. The fraction of sp³-hybridized carbons (Fsp3) is 0.667. The van der Waals surface area contributed by atoms with E-state index in [-0.39, 0.29) is 0 Å². The van der Waals surface area contributed by atoms with Crippen LogP contribution in [0.15, 0.2) is 12.2 Å². The summed E-state index contributed by atoms with van der Waals surface area (Å²) in [6.07, 6.45) is 4.05. The molecule has 7 heavy (non-hydrogen) atoms. The molecule has 0 aliphatic rings. The quantitative estimate of drug-likeness (QED) is 0.386. The first-order chi connectivity index (χ1) is 3.27. The third-order valence-electron chi connectivity index (χ3n) is 0.610. The Kier molecular flexibility index (Phi) is 4.21. The van der Waals surface area contributed by atoms with E-state index in [4.69, 9.17) is 11.6 Å². The molecule has 0 unspecified atom stereocenters. The van der Waals surface area contributed by atoms with Crippen LogP contribution in [0.2, 0.25) is 0 Å². The molecule has 0 fully saturated rings. The van der Waals surface area contributed by atoms with Gasteiger partial charge in [0.25, 0.3) is 0 Å². The van der Waals surface area contributed by atoms with Gasteiger partial charge in [-0.2, -0.15) is 0 Å². The molecule has 0 radical (unpaired) electrons. The lowest BCUT2D eigenvalue weighted by Gasteiger charge is -1.88. The van der Waals surface area contributed by atoms with Crippen molar-refractivity contribution in [3.05, 3.63) is 12.2 Å². The molecule has 0 aliphatic carbocycles. The van der Waals surface area contributed by atoms with Crippen LogP contribution < -0.4 is 0 Å². The van der Waals surface area contributed by atoms with E-state index < -0.39 is 0 Å². The summed E-state index contributed by atoms with van der Waals surface area (Å²) in [7, 11) is 0. The van der Waals surface area contributed by atoms with E-state index in [0.29, 0.717) is 11.8 Å². The van der Waals surface area contributed by atoms with Crippen LogP contribution in [0.5, 0.6) is 0 Å². The number of alkyl halides is 1. The Morgan fingerprint density at radius 2 is 2.14 bits per heavy atom. The van der Waals surface area contributed by atoms with Crippen LogP contribution in [0.3, 0.4) is 0 Å². The van der Waals surface area contributed by atoms with E-state index in [1.165, 1.54) is 0 Å². The number of hydrogen-bond acceptors (Lipinski definition) is 0. The Morgan fingerprint density at radius 1 is 1.57 bits per heavy atom. The summed E-state index contributed by atoms with van der Waals surface area (Å²) in [5.74, 6) is 1.27. The first kappa shape index (κ1) is 7.03. The first-order valence-electron chi connectivity index (χ1n) is 2.50. The van der Waals surface area contributed by atoms with Crippen molar-refractivity contribution in [1.29, 1.82) is 0 Å². The van der Waals surface area contributed by atoms with Crippen molar-refractivity contribution in [3.63, 3.8) is 0 Å². The van der Waals surface area contributed by atoms with Gasteiger partial charge in [-0.05, 0) is 5.92 Å². The number of rotatable bonds is 2. The lowest BCUT2D eigenvalue weighted by Crippen LogP contribution is -1.75. The molecule has 0 amide bonds. The van der Waals surface area contributed by atoms with Crippen LogP contribution in [0.25, 0.3) is 0 Å². The van der Waals surface area contributed by atoms with Gasteiger partial charge in [0.1, 0.15) is 0 Å². The summed E-state index contributed by atoms with van der Waals surface area (Å²) in [5.41, 5.74) is 0. The van der Waals surface area contributed by atoms with Crippen molar-refractivity contribution in [2.75, 3.05) is 5.88 Å². The van der Waals surface area contributed by atoms with Crippen molar-refractivity contribution in [2.24, 2.45) is 5.92 Å². The summed E-state index contributed by atoms with van der Waals surface area (Å²) >= 11 is 5.36. The number of halogens is 1. The molecule has 0 aromatic heterocycles. The average Bonchev–Trinajstić information content (AvgIpc) is 1.61. The predicted molar refractivity (Wildman–Crippen MR) is 34.7 cm³/mol. The minimum Gasteiger partial charge on any atom is -0.122 e. The van der Waals surface area contributed by atoms with Crippen LogP contribution in [0, 0.1) is 5.92 Å². The molecule has 0 rings (SSSR count). The third kappa shape index (κ3) is 6.03. The molecule has 0 saturated heterocycles. The second kappa shape index (κ2) is 4.20. The van der Waals surface area contributed by atoms with E-state index in [1.807, 2.05) is 6.08 Å². The lowest BCUT2D eigenvalue weighted by molar-refractivity contribution is 0.830. The Labute approximate surface area is 50.2 Å². The van der Waals surface area contributed by atoms with Crippen molar-refractivity contribution in [1.82, 2.24) is 0 Å². The minimum atomic E-state index is 0.637. The smallest absolute Gasteiger partial charge is 0.0404 e. The maximum atomic E-state index is 5.36. The molecule has 0 aromatic carbocycles. The van der Waals surface area contributed by atoms with Crippen LogP contribution in [0.4, 0.5) is 0 Å². The molecule has 1 heteroatoms. The maximum absolute atomic E-state index is 5.36. The van der Waals surface area contributed by atoms with Crippen LogP contribution >= 0.6 is 11.6 Å². The fourth-order valence-electron chi connectivity index (χ4n) is 0.324. The fourth-order valence-corrected chi connectivity index (χ4v) is 0.426. The summed E-state index contributed by atoms with van der Waals surface area (Å²) in [6, 6.07) is 0. The van der Waals surface area contributed by atoms with Gasteiger partial charge in [-0.25, -0.2) is 0 Å². The van der Waals surface area contributed by atoms with Crippen molar-refractivity contribution >= 4 is 11.6 Å². The van der Waals surface area contributed by atoms with Gasteiger partial charge in [-0.1, -0.05) is 26.0 Å². The Hall–Kier alpha value is 0.0300. The third-order valence-corrected chi connectivity index (χ3v) is 0.788. The molecule has 0 heterocycles. The zero-order valence-electron chi connectivity index (χ0n) is 4.82. The molecule has 42 valence electrons. The van der Waals surface area contributed by atoms with Gasteiger partial charge in [-0.15, -0.1) is 11.6 Å². The van der Waals surface area contributed by atoms with Crippen LogP contribution in [-0.4, -0.2) is 5.88 Å². The zero-order valence-corrected chi connectivity index (χ0v) is 5.57. The maximum Gasteiger partial charge on any atom is 0.0404 e. The van der Waals surface area contributed by atoms with Crippen molar-refractivity contribution in [2.45, 2.75) is 13.8 Å². The second-order valence-electron chi connectivity index (χ2n) is 1.83. The molecule has 0 aliphatic heterocycles. The van der Waals surface area contributed by atoms with E-state index in [9.17, 15) is 0 Å². The Balaban J connectivity index is 3.08. The number of hydrogen-bond donors (Lipinski definition) is 0. The molecular weight excluding hydrogens is 108 g/mol. The van der Waals surface area contributed by atoms with Gasteiger partial charge in [-0.3, -0.25) is 0 Å². The zero-order chi connectivity index (χ0) is 5.70. The first-order valence-corrected chi connectivity index (χ1v) is 3.03. The molecule has 0 atom stereocenters. The summed E-state index contributed by atoms with van der Waals surface area (Å²) in [4.78, 5) is 0. The van der Waals surface area contributed by atoms with Gasteiger partial charge in [0.05, 0.1) is 0 Å². The van der Waals surface area contributed by atoms with Crippen LogP contribution in [0.1, 0.15) is 13.8 Å². The largest absolute Gasteiger partial charge is 0.122 e. The van der Waals surface area contributed by atoms with Gasteiger partial charge in [0, 0.05) is 5.88 Å². The van der Waals surface area contributed by atoms with Gasteiger partial charge < -0.3 is 0 Å². The molecule has 0 spiro atoms. The second-order valence-corrected chi connectivity index (χ2v) is 2.14. The summed E-state index contributed by atoms with van der Waals surface area (Å²) in [5, 5.41) is 0. The summed E-state index contributed by atoms with van der Waals surface area (Å²) in [6.45, 7) is 4.26. The average molecular weight is 119 g/mol. The lowest BCUT2D eigenvalue weighted by atomic mass is 10.2.